The first-order chi connectivity index (χ1) is 12.7. The second kappa shape index (κ2) is 6.88. The van der Waals surface area contributed by atoms with Gasteiger partial charge in [-0.05, 0) is 40.6 Å². The second-order valence-corrected chi connectivity index (χ2v) is 6.29. The molecule has 130 valence electrons. The average molecular weight is 345 g/mol. The molecular weight excluding hydrogens is 326 g/mol. The maximum Gasteiger partial charge on any atom is 0.321 e. The summed E-state index contributed by atoms with van der Waals surface area (Å²) in [6.07, 6.45) is 0.317. The molecule has 1 aliphatic heterocycles. The van der Waals surface area contributed by atoms with Gasteiger partial charge in [0.15, 0.2) is 0 Å². The lowest BCUT2D eigenvalue weighted by Gasteiger charge is -2.15. The summed E-state index contributed by atoms with van der Waals surface area (Å²) in [4.78, 5) is 25.8. The molecule has 5 heteroatoms. The van der Waals surface area contributed by atoms with E-state index < -0.39 is 0 Å². The molecule has 0 aromatic heterocycles. The maximum absolute atomic E-state index is 12.4. The zero-order valence-electron chi connectivity index (χ0n) is 14.2. The summed E-state index contributed by atoms with van der Waals surface area (Å²) in [6, 6.07) is 21.3. The topological polar surface area (TPSA) is 61.4 Å². The molecule has 5 nitrogen and oxygen atoms in total. The van der Waals surface area contributed by atoms with E-state index in [0.717, 1.165) is 27.7 Å². The summed E-state index contributed by atoms with van der Waals surface area (Å²) in [7, 11) is 0. The number of hydrogen-bond donors (Lipinski definition) is 2. The molecule has 0 bridgehead atoms. The van der Waals surface area contributed by atoms with Gasteiger partial charge in [0.25, 0.3) is 0 Å². The van der Waals surface area contributed by atoms with E-state index in [0.29, 0.717) is 19.5 Å². The molecule has 3 aromatic carbocycles. The van der Waals surface area contributed by atoms with Gasteiger partial charge in [0.05, 0.1) is 6.42 Å². The fourth-order valence-corrected chi connectivity index (χ4v) is 3.27. The van der Waals surface area contributed by atoms with Gasteiger partial charge in [-0.2, -0.15) is 0 Å². The van der Waals surface area contributed by atoms with Crippen molar-refractivity contribution in [1.82, 2.24) is 5.32 Å². The molecule has 2 N–H and O–H groups in total. The van der Waals surface area contributed by atoms with Crippen molar-refractivity contribution in [3.63, 3.8) is 0 Å². The lowest BCUT2D eigenvalue weighted by molar-refractivity contribution is -0.115. The average Bonchev–Trinajstić information content (AvgIpc) is 3.09. The Balaban J connectivity index is 1.45. The SMILES string of the molecule is O=C(Cc1cccc2ccccc12)Nc1ccc(N2CCNC2=O)cc1. The lowest BCUT2D eigenvalue weighted by atomic mass is 10.0. The number of anilines is 2. The van der Waals surface area contributed by atoms with Crippen molar-refractivity contribution in [2.24, 2.45) is 0 Å². The van der Waals surface area contributed by atoms with Crippen molar-refractivity contribution in [3.05, 3.63) is 72.3 Å². The Morgan fingerprint density at radius 3 is 2.54 bits per heavy atom. The van der Waals surface area contributed by atoms with Crippen molar-refractivity contribution in [1.29, 1.82) is 0 Å². The molecule has 0 saturated carbocycles. The van der Waals surface area contributed by atoms with Crippen LogP contribution in [0.1, 0.15) is 5.56 Å². The highest BCUT2D eigenvalue weighted by atomic mass is 16.2. The molecule has 26 heavy (non-hydrogen) atoms. The van der Waals surface area contributed by atoms with Crippen LogP contribution in [0.4, 0.5) is 16.2 Å². The Kier molecular flexibility index (Phi) is 4.27. The molecule has 1 aliphatic rings. The van der Waals surface area contributed by atoms with Gasteiger partial charge >= 0.3 is 6.03 Å². The van der Waals surface area contributed by atoms with Gasteiger partial charge in [-0.25, -0.2) is 4.79 Å². The Hall–Kier alpha value is -3.34. The molecular formula is C21H19N3O2. The van der Waals surface area contributed by atoms with E-state index in [1.165, 1.54) is 0 Å². The van der Waals surface area contributed by atoms with E-state index in [4.69, 9.17) is 0 Å². The molecule has 3 aromatic rings. The molecule has 1 heterocycles. The summed E-state index contributed by atoms with van der Waals surface area (Å²) in [6.45, 7) is 1.31. The van der Waals surface area contributed by atoms with Crippen LogP contribution in [0.5, 0.6) is 0 Å². The Morgan fingerprint density at radius 1 is 1.00 bits per heavy atom. The minimum Gasteiger partial charge on any atom is -0.336 e. The zero-order valence-corrected chi connectivity index (χ0v) is 14.2. The van der Waals surface area contributed by atoms with Crippen molar-refractivity contribution in [2.75, 3.05) is 23.3 Å². The number of carbonyl (C=O) groups excluding carboxylic acids is 2. The first-order valence-corrected chi connectivity index (χ1v) is 8.63. The predicted octanol–water partition coefficient (Wildman–Crippen LogP) is 3.55. The number of carbonyl (C=O) groups is 2. The summed E-state index contributed by atoms with van der Waals surface area (Å²) >= 11 is 0. The maximum atomic E-state index is 12.4. The van der Waals surface area contributed by atoms with Crippen LogP contribution < -0.4 is 15.5 Å². The van der Waals surface area contributed by atoms with Crippen molar-refractivity contribution < 1.29 is 9.59 Å². The van der Waals surface area contributed by atoms with Gasteiger partial charge in [-0.15, -0.1) is 0 Å². The van der Waals surface area contributed by atoms with Crippen molar-refractivity contribution in [3.8, 4) is 0 Å². The summed E-state index contributed by atoms with van der Waals surface area (Å²) in [5.41, 5.74) is 2.55. The van der Waals surface area contributed by atoms with Crippen LogP contribution in [-0.4, -0.2) is 25.0 Å². The predicted molar refractivity (Wildman–Crippen MR) is 103 cm³/mol. The quantitative estimate of drug-likeness (QED) is 0.760. The first kappa shape index (κ1) is 16.1. The van der Waals surface area contributed by atoms with E-state index in [-0.39, 0.29) is 11.9 Å². The third kappa shape index (κ3) is 3.24. The number of fused-ring (bicyclic) bond motifs is 1. The Morgan fingerprint density at radius 2 is 1.77 bits per heavy atom. The number of hydrogen-bond acceptors (Lipinski definition) is 2. The van der Waals surface area contributed by atoms with Crippen LogP contribution in [0.25, 0.3) is 10.8 Å². The van der Waals surface area contributed by atoms with Crippen LogP contribution in [0.2, 0.25) is 0 Å². The van der Waals surface area contributed by atoms with Crippen molar-refractivity contribution >= 4 is 34.1 Å². The van der Waals surface area contributed by atoms with E-state index in [1.807, 2.05) is 66.7 Å². The molecule has 0 radical (unpaired) electrons. The Labute approximate surface area is 151 Å². The van der Waals surface area contributed by atoms with Crippen molar-refractivity contribution in [2.45, 2.75) is 6.42 Å². The van der Waals surface area contributed by atoms with Crippen LogP contribution in [0.3, 0.4) is 0 Å². The van der Waals surface area contributed by atoms with Gasteiger partial charge in [0.1, 0.15) is 0 Å². The molecule has 0 atom stereocenters. The fourth-order valence-electron chi connectivity index (χ4n) is 3.27. The zero-order chi connectivity index (χ0) is 17.9. The van der Waals surface area contributed by atoms with Crippen LogP contribution >= 0.6 is 0 Å². The molecule has 4 rings (SSSR count). The summed E-state index contributed by atoms with van der Waals surface area (Å²) in [5, 5.41) is 7.93. The van der Waals surface area contributed by atoms with E-state index in [1.54, 1.807) is 4.90 Å². The third-order valence-electron chi connectivity index (χ3n) is 4.55. The molecule has 3 amide bonds. The smallest absolute Gasteiger partial charge is 0.321 e. The van der Waals surface area contributed by atoms with Gasteiger partial charge in [-0.1, -0.05) is 42.5 Å². The standard InChI is InChI=1S/C21H19N3O2/c25-20(14-16-6-3-5-15-4-1-2-7-19(15)16)23-17-8-10-18(11-9-17)24-13-12-22-21(24)26/h1-11H,12-14H2,(H,22,26)(H,23,25). The lowest BCUT2D eigenvalue weighted by Crippen LogP contribution is -2.27. The summed E-state index contributed by atoms with van der Waals surface area (Å²) < 4.78 is 0. The van der Waals surface area contributed by atoms with Crippen LogP contribution in [-0.2, 0) is 11.2 Å². The highest BCUT2D eigenvalue weighted by Gasteiger charge is 2.20. The summed E-state index contributed by atoms with van der Waals surface area (Å²) in [5.74, 6) is -0.0620. The second-order valence-electron chi connectivity index (χ2n) is 6.29. The van der Waals surface area contributed by atoms with E-state index >= 15 is 0 Å². The highest BCUT2D eigenvalue weighted by molar-refractivity contribution is 5.97. The molecule has 0 aliphatic carbocycles. The molecule has 0 spiro atoms. The largest absolute Gasteiger partial charge is 0.336 e. The number of benzene rings is 3. The van der Waals surface area contributed by atoms with E-state index in [9.17, 15) is 9.59 Å². The molecule has 1 fully saturated rings. The van der Waals surface area contributed by atoms with Gasteiger partial charge < -0.3 is 10.6 Å². The highest BCUT2D eigenvalue weighted by Crippen LogP contribution is 2.21. The molecule has 1 saturated heterocycles. The third-order valence-corrected chi connectivity index (χ3v) is 4.55. The number of urea groups is 1. The van der Waals surface area contributed by atoms with Gasteiger partial charge in [0.2, 0.25) is 5.91 Å². The first-order valence-electron chi connectivity index (χ1n) is 8.63. The fraction of sp³-hybridized carbons (Fsp3) is 0.143. The number of rotatable bonds is 4. The normalized spacial score (nSPS) is 13.7. The van der Waals surface area contributed by atoms with Crippen LogP contribution in [0, 0.1) is 0 Å². The van der Waals surface area contributed by atoms with Gasteiger partial charge in [-0.3, -0.25) is 9.69 Å². The van der Waals surface area contributed by atoms with E-state index in [2.05, 4.69) is 10.6 Å². The number of nitrogens with one attached hydrogen (secondary N) is 2. The molecule has 0 unspecified atom stereocenters. The minimum atomic E-state index is -0.0854. The Bertz CT molecular complexity index is 961. The van der Waals surface area contributed by atoms with Gasteiger partial charge in [0, 0.05) is 24.5 Å². The van der Waals surface area contributed by atoms with Crippen LogP contribution in [0.15, 0.2) is 66.7 Å². The monoisotopic (exact) mass is 345 g/mol. The minimum absolute atomic E-state index is 0.0620. The number of nitrogens with zero attached hydrogens (tertiary/aromatic N) is 1. The number of amides is 3.